The van der Waals surface area contributed by atoms with E-state index < -0.39 is 11.8 Å². The van der Waals surface area contributed by atoms with Crippen LogP contribution in [-0.4, -0.2) is 21.0 Å². The molecule has 0 saturated heterocycles. The molecule has 0 amide bonds. The Labute approximate surface area is 95.5 Å². The molecule has 86 valence electrons. The number of carbonyl (C=O) groups is 1. The molecule has 0 radical (unpaired) electrons. The number of aromatic nitrogens is 2. The molecule has 0 aliphatic rings. The Balaban J connectivity index is 2.24. The van der Waals surface area contributed by atoms with E-state index in [2.05, 4.69) is 9.97 Å². The molecule has 0 bridgehead atoms. The molecule has 6 heteroatoms. The predicted octanol–water partition coefficient (Wildman–Crippen LogP) is 2.11. The van der Waals surface area contributed by atoms with Gasteiger partial charge in [-0.15, -0.1) is 0 Å². The van der Waals surface area contributed by atoms with Crippen molar-refractivity contribution >= 4 is 5.97 Å². The Hall–Kier alpha value is -2.50. The van der Waals surface area contributed by atoms with Crippen molar-refractivity contribution in [2.45, 2.75) is 0 Å². The zero-order valence-electron chi connectivity index (χ0n) is 8.50. The van der Waals surface area contributed by atoms with Gasteiger partial charge in [0.15, 0.2) is 5.69 Å². The average Bonchev–Trinajstić information content (AvgIpc) is 2.29. The maximum absolute atomic E-state index is 12.9. The molecule has 1 heterocycles. The first-order valence-corrected chi connectivity index (χ1v) is 4.64. The van der Waals surface area contributed by atoms with Crippen LogP contribution in [0.2, 0.25) is 0 Å². The molecule has 0 aliphatic carbocycles. The van der Waals surface area contributed by atoms with Crippen molar-refractivity contribution in [2.24, 2.45) is 0 Å². The molecule has 1 aromatic carbocycles. The van der Waals surface area contributed by atoms with Crippen LogP contribution in [0.15, 0.2) is 36.7 Å². The summed E-state index contributed by atoms with van der Waals surface area (Å²) in [5.74, 6) is -1.44. The third-order valence-electron chi connectivity index (χ3n) is 1.85. The van der Waals surface area contributed by atoms with Gasteiger partial charge in [0.1, 0.15) is 11.6 Å². The van der Waals surface area contributed by atoms with E-state index in [1.54, 1.807) is 0 Å². The van der Waals surface area contributed by atoms with Crippen molar-refractivity contribution in [3.63, 3.8) is 0 Å². The van der Waals surface area contributed by atoms with Gasteiger partial charge in [0.2, 0.25) is 5.88 Å². The largest absolute Gasteiger partial charge is 0.476 e. The minimum Gasteiger partial charge on any atom is -0.476 e. The van der Waals surface area contributed by atoms with E-state index in [0.29, 0.717) is 0 Å². The molecule has 0 atom stereocenters. The summed E-state index contributed by atoms with van der Waals surface area (Å²) in [5.41, 5.74) is -0.237. The minimum atomic E-state index is -1.21. The molecular formula is C11H7FN2O3. The SMILES string of the molecule is O=C(O)c1cncc(Oc2cccc(F)c2)n1. The van der Waals surface area contributed by atoms with E-state index in [-0.39, 0.29) is 17.3 Å². The molecule has 1 aromatic heterocycles. The Morgan fingerprint density at radius 2 is 2.18 bits per heavy atom. The number of ether oxygens (including phenoxy) is 1. The summed E-state index contributed by atoms with van der Waals surface area (Å²) in [4.78, 5) is 18.0. The molecule has 2 aromatic rings. The Kier molecular flexibility index (Phi) is 2.95. The minimum absolute atomic E-state index is 0.00417. The molecule has 0 unspecified atom stereocenters. The highest BCUT2D eigenvalue weighted by Crippen LogP contribution is 2.19. The van der Waals surface area contributed by atoms with Gasteiger partial charge < -0.3 is 9.84 Å². The number of hydrogen-bond acceptors (Lipinski definition) is 4. The van der Waals surface area contributed by atoms with Crippen LogP contribution in [-0.2, 0) is 0 Å². The van der Waals surface area contributed by atoms with Gasteiger partial charge in [-0.05, 0) is 12.1 Å². The van der Waals surface area contributed by atoms with Crippen LogP contribution in [0.4, 0.5) is 4.39 Å². The predicted molar refractivity (Wildman–Crippen MR) is 55.5 cm³/mol. The van der Waals surface area contributed by atoms with Gasteiger partial charge >= 0.3 is 5.97 Å². The number of halogens is 1. The van der Waals surface area contributed by atoms with E-state index in [4.69, 9.17) is 9.84 Å². The second-order valence-electron chi connectivity index (χ2n) is 3.11. The van der Waals surface area contributed by atoms with Crippen LogP contribution < -0.4 is 4.74 Å². The van der Waals surface area contributed by atoms with Crippen molar-refractivity contribution in [2.75, 3.05) is 0 Å². The van der Waals surface area contributed by atoms with Crippen LogP contribution in [0.1, 0.15) is 10.5 Å². The lowest BCUT2D eigenvalue weighted by Gasteiger charge is -2.04. The summed E-state index contributed by atoms with van der Waals surface area (Å²) >= 11 is 0. The number of nitrogens with zero attached hydrogens (tertiary/aromatic N) is 2. The third kappa shape index (κ3) is 2.75. The van der Waals surface area contributed by atoms with Crippen molar-refractivity contribution in [3.8, 4) is 11.6 Å². The van der Waals surface area contributed by atoms with E-state index in [9.17, 15) is 9.18 Å². The summed E-state index contributed by atoms with van der Waals surface area (Å²) in [5, 5.41) is 8.70. The molecule has 17 heavy (non-hydrogen) atoms. The molecule has 1 N–H and O–H groups in total. The van der Waals surface area contributed by atoms with Gasteiger partial charge in [0, 0.05) is 6.07 Å². The molecule has 0 spiro atoms. The van der Waals surface area contributed by atoms with Gasteiger partial charge in [-0.3, -0.25) is 4.98 Å². The smallest absolute Gasteiger partial charge is 0.356 e. The molecular weight excluding hydrogens is 227 g/mol. The summed E-state index contributed by atoms with van der Waals surface area (Å²) in [7, 11) is 0. The number of carboxylic acid groups (broad SMARTS) is 1. The fraction of sp³-hybridized carbons (Fsp3) is 0. The molecule has 5 nitrogen and oxygen atoms in total. The standard InChI is InChI=1S/C11H7FN2O3/c12-7-2-1-3-8(4-7)17-10-6-13-5-9(14-10)11(15)16/h1-6H,(H,15,16). The van der Waals surface area contributed by atoms with Crippen LogP contribution in [0.25, 0.3) is 0 Å². The summed E-state index contributed by atoms with van der Waals surface area (Å²) in [6, 6.07) is 5.43. The van der Waals surface area contributed by atoms with Crippen LogP contribution in [0.5, 0.6) is 11.6 Å². The number of carboxylic acids is 1. The first-order chi connectivity index (χ1) is 8.15. The highest BCUT2D eigenvalue weighted by atomic mass is 19.1. The van der Waals surface area contributed by atoms with Gasteiger partial charge in [0.25, 0.3) is 0 Å². The summed E-state index contributed by atoms with van der Waals surface area (Å²) in [6.45, 7) is 0. The lowest BCUT2D eigenvalue weighted by atomic mass is 10.3. The van der Waals surface area contributed by atoms with Crippen molar-refractivity contribution < 1.29 is 19.0 Å². The molecule has 0 aliphatic heterocycles. The normalized spacial score (nSPS) is 9.94. The molecule has 0 saturated carbocycles. The quantitative estimate of drug-likeness (QED) is 0.880. The second-order valence-corrected chi connectivity index (χ2v) is 3.11. The van der Waals surface area contributed by atoms with Gasteiger partial charge in [-0.1, -0.05) is 6.07 Å². The van der Waals surface area contributed by atoms with Crippen LogP contribution in [0, 0.1) is 5.82 Å². The summed E-state index contributed by atoms with van der Waals surface area (Å²) < 4.78 is 18.0. The lowest BCUT2D eigenvalue weighted by Crippen LogP contribution is -2.02. The highest BCUT2D eigenvalue weighted by Gasteiger charge is 2.07. The lowest BCUT2D eigenvalue weighted by molar-refractivity contribution is 0.0689. The fourth-order valence-electron chi connectivity index (χ4n) is 1.15. The first-order valence-electron chi connectivity index (χ1n) is 4.64. The van der Waals surface area contributed by atoms with E-state index in [1.165, 1.54) is 24.4 Å². The molecule has 2 rings (SSSR count). The van der Waals surface area contributed by atoms with Gasteiger partial charge in [-0.2, -0.15) is 0 Å². The van der Waals surface area contributed by atoms with E-state index >= 15 is 0 Å². The van der Waals surface area contributed by atoms with Crippen LogP contribution in [0.3, 0.4) is 0 Å². The van der Waals surface area contributed by atoms with Gasteiger partial charge in [0.05, 0.1) is 12.4 Å². The third-order valence-corrected chi connectivity index (χ3v) is 1.85. The second kappa shape index (κ2) is 4.56. The zero-order chi connectivity index (χ0) is 12.3. The maximum Gasteiger partial charge on any atom is 0.356 e. The number of rotatable bonds is 3. The number of benzene rings is 1. The Morgan fingerprint density at radius 3 is 2.88 bits per heavy atom. The summed E-state index contributed by atoms with van der Waals surface area (Å²) in [6.07, 6.45) is 2.35. The molecule has 0 fully saturated rings. The Bertz CT molecular complexity index is 560. The van der Waals surface area contributed by atoms with E-state index in [1.807, 2.05) is 0 Å². The van der Waals surface area contributed by atoms with Crippen molar-refractivity contribution in [1.29, 1.82) is 0 Å². The van der Waals surface area contributed by atoms with Crippen molar-refractivity contribution in [3.05, 3.63) is 48.2 Å². The van der Waals surface area contributed by atoms with E-state index in [0.717, 1.165) is 12.3 Å². The highest BCUT2D eigenvalue weighted by molar-refractivity contribution is 5.84. The number of aromatic carboxylic acids is 1. The zero-order valence-corrected chi connectivity index (χ0v) is 8.50. The van der Waals surface area contributed by atoms with Crippen LogP contribution >= 0.6 is 0 Å². The average molecular weight is 234 g/mol. The van der Waals surface area contributed by atoms with Gasteiger partial charge in [-0.25, -0.2) is 14.2 Å². The topological polar surface area (TPSA) is 72.3 Å². The fourth-order valence-corrected chi connectivity index (χ4v) is 1.15. The Morgan fingerprint density at radius 1 is 1.35 bits per heavy atom. The first kappa shape index (κ1) is 11.0. The monoisotopic (exact) mass is 234 g/mol. The number of hydrogen-bond donors (Lipinski definition) is 1. The van der Waals surface area contributed by atoms with Crippen molar-refractivity contribution in [1.82, 2.24) is 9.97 Å². The maximum atomic E-state index is 12.9.